The number of hydrogen-bond acceptors (Lipinski definition) is 8. The number of phenols is 1. The maximum atomic E-state index is 15.1. The molecule has 3 aromatic rings. The molecule has 3 N–H and O–H groups in total. The van der Waals surface area contributed by atoms with Crippen molar-refractivity contribution in [2.75, 3.05) is 5.43 Å². The summed E-state index contributed by atoms with van der Waals surface area (Å²) in [7, 11) is 0. The van der Waals surface area contributed by atoms with Crippen molar-refractivity contribution in [3.8, 4) is 5.75 Å². The van der Waals surface area contributed by atoms with Crippen LogP contribution in [0.1, 0.15) is 46.6 Å². The second kappa shape index (κ2) is 11.3. The lowest BCUT2D eigenvalue weighted by atomic mass is 9.49. The smallest absolute Gasteiger partial charge is 0.417 e. The van der Waals surface area contributed by atoms with Gasteiger partial charge in [-0.05, 0) is 73.1 Å². The molecular weight excluding hydrogens is 688 g/mol. The number of amides is 4. The molecule has 0 unspecified atom stereocenters. The first kappa shape index (κ1) is 33.1. The molecule has 10 nitrogen and oxygen atoms in total. The minimum atomic E-state index is -4.75. The quantitative estimate of drug-likeness (QED) is 0.167. The average Bonchev–Trinajstić information content (AvgIpc) is 3.40. The number of carbonyl (C=O) groups is 4. The van der Waals surface area contributed by atoms with Gasteiger partial charge in [0.15, 0.2) is 5.82 Å². The number of alkyl halides is 3. The van der Waals surface area contributed by atoms with Crippen LogP contribution in [-0.4, -0.2) is 49.0 Å². The lowest BCUT2D eigenvalue weighted by Crippen LogP contribution is -2.53. The molecule has 2 saturated heterocycles. The minimum absolute atomic E-state index is 0.0264. The third-order valence-corrected chi connectivity index (χ3v) is 10.9. The Labute approximate surface area is 287 Å². The minimum Gasteiger partial charge on any atom is -0.507 e. The summed E-state index contributed by atoms with van der Waals surface area (Å²) in [5.74, 6) is -8.26. The Balaban J connectivity index is 1.46. The summed E-state index contributed by atoms with van der Waals surface area (Å²) in [4.78, 5) is 59.7. The number of aromatic nitrogens is 1. The van der Waals surface area contributed by atoms with Crippen LogP contribution in [0.25, 0.3) is 0 Å². The van der Waals surface area contributed by atoms with Gasteiger partial charge in [-0.25, -0.2) is 4.98 Å². The largest absolute Gasteiger partial charge is 0.507 e. The first-order valence-electron chi connectivity index (χ1n) is 15.3. The normalized spacial score (nSPS) is 28.0. The van der Waals surface area contributed by atoms with Crippen LogP contribution in [0, 0.1) is 37.5 Å². The van der Waals surface area contributed by atoms with Crippen molar-refractivity contribution in [1.29, 1.82) is 0 Å². The fraction of sp³-hybridized carbons (Fsp3) is 0.324. The van der Waals surface area contributed by atoms with Gasteiger partial charge in [-0.3, -0.25) is 29.8 Å². The van der Waals surface area contributed by atoms with Gasteiger partial charge >= 0.3 is 6.18 Å². The van der Waals surface area contributed by atoms with Gasteiger partial charge in [0.2, 0.25) is 0 Å². The molecule has 6 atom stereocenters. The van der Waals surface area contributed by atoms with E-state index in [0.29, 0.717) is 50.1 Å². The van der Waals surface area contributed by atoms with Crippen molar-refractivity contribution in [3.63, 3.8) is 0 Å². The summed E-state index contributed by atoms with van der Waals surface area (Å²) in [5, 5.41) is 21.7. The summed E-state index contributed by atoms with van der Waals surface area (Å²) in [6.07, 6.45) is -2.45. The van der Waals surface area contributed by atoms with E-state index >= 15 is 4.79 Å². The fourth-order valence-corrected chi connectivity index (χ4v) is 8.63. The molecule has 254 valence electrons. The van der Waals surface area contributed by atoms with Gasteiger partial charge in [0, 0.05) is 17.1 Å². The molecule has 0 radical (unpaired) electrons. The summed E-state index contributed by atoms with van der Waals surface area (Å²) in [6, 6.07) is 10.4. The summed E-state index contributed by atoms with van der Waals surface area (Å²) < 4.78 is 40.1. The predicted molar refractivity (Wildman–Crippen MR) is 168 cm³/mol. The molecule has 2 aliphatic carbocycles. The number of nitrogens with zero attached hydrogens (tertiary/aromatic N) is 3. The van der Waals surface area contributed by atoms with E-state index in [1.165, 1.54) is 0 Å². The highest BCUT2D eigenvalue weighted by atomic mass is 35.5. The Hall–Kier alpha value is -4.46. The number of phenolic OH excluding ortho intramolecular Hbond substituents is 1. The molecule has 7 rings (SSSR count). The number of benzene rings is 2. The second-order valence-electron chi connectivity index (χ2n) is 12.9. The van der Waals surface area contributed by atoms with Gasteiger partial charge in [0.25, 0.3) is 23.6 Å². The van der Waals surface area contributed by atoms with Crippen LogP contribution in [0.4, 0.5) is 19.0 Å². The SMILES string of the molecule is Cc1cc([C@H]2C3=CC[C@@H]4C(=O)N(O)C(=O)[C@@H]4[C@@H]3C[C@H]3C(=O)N(Nc4ncc(C(F)(F)F)cc4Cl)C(=O)[C@@]23c2ccc(Cl)cc2)cc(C)c1O. The molecule has 0 spiro atoms. The number of aryl methyl sites for hydroxylation is 2. The van der Waals surface area contributed by atoms with E-state index in [4.69, 9.17) is 23.2 Å². The Kier molecular flexibility index (Phi) is 7.62. The molecule has 2 aromatic carbocycles. The lowest BCUT2D eigenvalue weighted by molar-refractivity contribution is -0.173. The summed E-state index contributed by atoms with van der Waals surface area (Å²) in [6.45, 7) is 3.36. The third-order valence-electron chi connectivity index (χ3n) is 10.4. The van der Waals surface area contributed by atoms with Crippen LogP contribution in [0.3, 0.4) is 0 Å². The van der Waals surface area contributed by atoms with E-state index < -0.39 is 75.4 Å². The van der Waals surface area contributed by atoms with Crippen molar-refractivity contribution in [3.05, 3.63) is 98.2 Å². The van der Waals surface area contributed by atoms with Crippen LogP contribution < -0.4 is 5.43 Å². The van der Waals surface area contributed by atoms with E-state index in [1.807, 2.05) is 0 Å². The molecule has 49 heavy (non-hydrogen) atoms. The number of nitrogens with one attached hydrogen (secondary N) is 1. The van der Waals surface area contributed by atoms with E-state index in [1.54, 1.807) is 56.3 Å². The van der Waals surface area contributed by atoms with Crippen LogP contribution in [0.15, 0.2) is 60.3 Å². The monoisotopic (exact) mass is 714 g/mol. The number of allylic oxidation sites excluding steroid dienone is 2. The van der Waals surface area contributed by atoms with Gasteiger partial charge < -0.3 is 5.11 Å². The number of anilines is 1. The highest BCUT2D eigenvalue weighted by Gasteiger charge is 2.70. The van der Waals surface area contributed by atoms with E-state index in [9.17, 15) is 37.9 Å². The predicted octanol–water partition coefficient (Wildman–Crippen LogP) is 6.10. The molecule has 4 aliphatic rings. The molecule has 3 heterocycles. The maximum Gasteiger partial charge on any atom is 0.417 e. The topological polar surface area (TPSA) is 140 Å². The van der Waals surface area contributed by atoms with E-state index in [-0.39, 0.29) is 29.5 Å². The zero-order chi connectivity index (χ0) is 35.3. The first-order valence-corrected chi connectivity index (χ1v) is 16.0. The first-order chi connectivity index (χ1) is 23.1. The number of fused-ring (bicyclic) bond motifs is 4. The van der Waals surface area contributed by atoms with Gasteiger partial charge in [-0.2, -0.15) is 23.2 Å². The van der Waals surface area contributed by atoms with Gasteiger partial charge in [0.1, 0.15) is 5.75 Å². The molecule has 1 saturated carbocycles. The highest BCUT2D eigenvalue weighted by Crippen LogP contribution is 2.64. The van der Waals surface area contributed by atoms with Gasteiger partial charge in [-0.15, -0.1) is 0 Å². The zero-order valence-electron chi connectivity index (χ0n) is 25.8. The third kappa shape index (κ3) is 4.77. The molecule has 4 amide bonds. The molecule has 2 aliphatic heterocycles. The number of imide groups is 2. The number of hydroxylamine groups is 2. The number of aromatic hydroxyl groups is 1. The number of hydrazine groups is 1. The average molecular weight is 716 g/mol. The number of hydrogen-bond donors (Lipinski definition) is 3. The standard InChI is InChI=1S/C34H27Cl2F3N4O6/c1-14-9-16(10-15(2)27(14)44)26-20-7-8-21-25(31(47)43(49)29(21)45)22(20)12-23-30(46)42(32(48)33(23,26)17-3-5-19(35)6-4-17)41-28-24(36)11-18(13-40-28)34(37,38)39/h3-7,9-11,13,21-23,25-26,44,49H,8,12H2,1-2H3,(H,40,41)/t21-,22+,23-,25-,26-,33+/m0/s1. The van der Waals surface area contributed by atoms with Crippen molar-refractivity contribution < 1.29 is 42.7 Å². The number of halogens is 5. The Morgan fingerprint density at radius 2 is 1.61 bits per heavy atom. The molecule has 3 fully saturated rings. The van der Waals surface area contributed by atoms with E-state index in [0.717, 1.165) is 0 Å². The Morgan fingerprint density at radius 1 is 0.959 bits per heavy atom. The van der Waals surface area contributed by atoms with Crippen LogP contribution in [-0.2, 0) is 30.8 Å². The van der Waals surface area contributed by atoms with Crippen molar-refractivity contribution in [2.45, 2.75) is 44.2 Å². The molecule has 15 heteroatoms. The second-order valence-corrected chi connectivity index (χ2v) is 13.8. The van der Waals surface area contributed by atoms with Crippen molar-refractivity contribution in [2.24, 2.45) is 23.7 Å². The van der Waals surface area contributed by atoms with Crippen LogP contribution in [0.2, 0.25) is 10.0 Å². The molecule has 1 aromatic heterocycles. The Bertz CT molecular complexity index is 1980. The lowest BCUT2D eigenvalue weighted by Gasteiger charge is -2.50. The fourth-order valence-electron chi connectivity index (χ4n) is 8.30. The van der Waals surface area contributed by atoms with Crippen LogP contribution in [0.5, 0.6) is 5.75 Å². The maximum absolute atomic E-state index is 15.1. The summed E-state index contributed by atoms with van der Waals surface area (Å²) >= 11 is 12.5. The van der Waals surface area contributed by atoms with Crippen molar-refractivity contribution in [1.82, 2.24) is 15.1 Å². The molecule has 0 bridgehead atoms. The van der Waals surface area contributed by atoms with Crippen LogP contribution >= 0.6 is 23.2 Å². The zero-order valence-corrected chi connectivity index (χ0v) is 27.3. The van der Waals surface area contributed by atoms with Gasteiger partial charge in [0.05, 0.1) is 33.8 Å². The van der Waals surface area contributed by atoms with Gasteiger partial charge in [-0.1, -0.05) is 59.1 Å². The Morgan fingerprint density at radius 3 is 2.22 bits per heavy atom. The number of carbonyl (C=O) groups excluding carboxylic acids is 4. The number of rotatable bonds is 4. The highest BCUT2D eigenvalue weighted by molar-refractivity contribution is 6.33. The number of pyridine rings is 1. The summed E-state index contributed by atoms with van der Waals surface area (Å²) in [5.41, 5.74) is 2.21. The molecular formula is C34H27Cl2F3N4O6. The van der Waals surface area contributed by atoms with E-state index in [2.05, 4.69) is 10.4 Å². The van der Waals surface area contributed by atoms with Crippen molar-refractivity contribution >= 4 is 52.6 Å².